The van der Waals surface area contributed by atoms with Gasteiger partial charge in [0.25, 0.3) is 0 Å². The smallest absolute Gasteiger partial charge is 0.0106 e. The second-order valence-electron chi connectivity index (χ2n) is 5.75. The second-order valence-corrected chi connectivity index (χ2v) is 5.75. The van der Waals surface area contributed by atoms with E-state index in [0.29, 0.717) is 5.41 Å². The van der Waals surface area contributed by atoms with Crippen LogP contribution in [0.4, 0.5) is 0 Å². The van der Waals surface area contributed by atoms with E-state index in [1.54, 1.807) is 0 Å². The summed E-state index contributed by atoms with van der Waals surface area (Å²) in [6.45, 7) is 9.21. The summed E-state index contributed by atoms with van der Waals surface area (Å²) in [6, 6.07) is 9.19. The van der Waals surface area contributed by atoms with Crippen LogP contribution in [0.3, 0.4) is 0 Å². The molecule has 0 aliphatic rings. The van der Waals surface area contributed by atoms with Crippen molar-refractivity contribution in [2.24, 2.45) is 0 Å². The van der Waals surface area contributed by atoms with Crippen molar-refractivity contribution >= 4 is 0 Å². The van der Waals surface area contributed by atoms with E-state index in [4.69, 9.17) is 0 Å². The zero-order valence-electron chi connectivity index (χ0n) is 12.1. The fourth-order valence-electron chi connectivity index (χ4n) is 2.11. The monoisotopic (exact) mass is 232 g/mol. The van der Waals surface area contributed by atoms with Gasteiger partial charge < -0.3 is 0 Å². The highest BCUT2D eigenvalue weighted by Gasteiger charge is 2.17. The summed E-state index contributed by atoms with van der Waals surface area (Å²) in [6.07, 6.45) is 7.85. The highest BCUT2D eigenvalue weighted by molar-refractivity contribution is 5.29. The van der Waals surface area contributed by atoms with Crippen molar-refractivity contribution in [1.29, 1.82) is 0 Å². The number of hydrogen-bond donors (Lipinski definition) is 0. The average Bonchev–Trinajstić information content (AvgIpc) is 2.35. The molecule has 0 saturated heterocycles. The van der Waals surface area contributed by atoms with E-state index in [1.807, 2.05) is 0 Å². The van der Waals surface area contributed by atoms with Gasteiger partial charge in [0.2, 0.25) is 0 Å². The molecule has 17 heavy (non-hydrogen) atoms. The van der Waals surface area contributed by atoms with E-state index in [9.17, 15) is 0 Å². The van der Waals surface area contributed by atoms with Gasteiger partial charge in [-0.05, 0) is 35.8 Å². The number of benzene rings is 1. The van der Waals surface area contributed by atoms with E-state index in [1.165, 1.54) is 49.7 Å². The van der Waals surface area contributed by atoms with Gasteiger partial charge in [-0.1, -0.05) is 71.2 Å². The molecule has 0 nitrogen and oxygen atoms in total. The minimum atomic E-state index is 0.319. The minimum absolute atomic E-state index is 0.319. The molecule has 1 aromatic rings. The molecule has 0 heterocycles. The molecule has 1 rings (SSSR count). The lowest BCUT2D eigenvalue weighted by Crippen LogP contribution is -2.15. The quantitative estimate of drug-likeness (QED) is 0.545. The van der Waals surface area contributed by atoms with Crippen LogP contribution in [0.5, 0.6) is 0 Å². The Bertz CT molecular complexity index is 323. The van der Waals surface area contributed by atoms with Crippen LogP contribution in [-0.2, 0) is 11.8 Å². The number of unbranched alkanes of at least 4 members (excludes halogenated alkanes) is 3. The van der Waals surface area contributed by atoms with Gasteiger partial charge in [-0.2, -0.15) is 0 Å². The van der Waals surface area contributed by atoms with E-state index in [-0.39, 0.29) is 0 Å². The molecule has 96 valence electrons. The molecule has 0 saturated carbocycles. The molecule has 0 aromatic heterocycles. The molecular formula is C17H28. The van der Waals surface area contributed by atoms with Gasteiger partial charge in [-0.15, -0.1) is 0 Å². The minimum Gasteiger partial charge on any atom is -0.0654 e. The Hall–Kier alpha value is -0.780. The van der Waals surface area contributed by atoms with Crippen molar-refractivity contribution in [1.82, 2.24) is 0 Å². The van der Waals surface area contributed by atoms with Crippen LogP contribution in [0, 0.1) is 0 Å². The fourth-order valence-corrected chi connectivity index (χ4v) is 2.11. The van der Waals surface area contributed by atoms with Crippen molar-refractivity contribution in [3.63, 3.8) is 0 Å². The lowest BCUT2D eigenvalue weighted by atomic mass is 9.81. The van der Waals surface area contributed by atoms with Gasteiger partial charge in [0.15, 0.2) is 0 Å². The molecule has 0 atom stereocenters. The summed E-state index contributed by atoms with van der Waals surface area (Å²) < 4.78 is 0. The Labute approximate surface area is 107 Å². The molecule has 0 aliphatic heterocycles. The summed E-state index contributed by atoms with van der Waals surface area (Å²) in [5.74, 6) is 0. The number of hydrogen-bond acceptors (Lipinski definition) is 0. The van der Waals surface area contributed by atoms with Crippen molar-refractivity contribution in [3.05, 3.63) is 35.4 Å². The van der Waals surface area contributed by atoms with E-state index in [0.717, 1.165) is 0 Å². The summed E-state index contributed by atoms with van der Waals surface area (Å²) in [5.41, 5.74) is 3.33. The Morgan fingerprint density at radius 2 is 1.76 bits per heavy atom. The molecule has 0 fully saturated rings. The van der Waals surface area contributed by atoms with E-state index >= 15 is 0 Å². The van der Waals surface area contributed by atoms with Crippen LogP contribution in [0.15, 0.2) is 24.3 Å². The zero-order chi connectivity index (χ0) is 12.7. The predicted molar refractivity (Wildman–Crippen MR) is 77.6 cm³/mol. The topological polar surface area (TPSA) is 0 Å². The first kappa shape index (κ1) is 14.3. The zero-order valence-corrected chi connectivity index (χ0v) is 12.1. The Morgan fingerprint density at radius 1 is 1.00 bits per heavy atom. The maximum Gasteiger partial charge on any atom is -0.0106 e. The van der Waals surface area contributed by atoms with Crippen molar-refractivity contribution in [3.8, 4) is 0 Å². The highest BCUT2D eigenvalue weighted by Crippen LogP contribution is 2.27. The molecule has 0 bridgehead atoms. The molecule has 0 amide bonds. The molecule has 1 aromatic carbocycles. The molecule has 0 heteroatoms. The average molecular weight is 232 g/mol. The SMILES string of the molecule is CCCCCCc1cccc(C(C)(C)CC)c1. The lowest BCUT2D eigenvalue weighted by Gasteiger charge is -2.23. The van der Waals surface area contributed by atoms with Crippen LogP contribution >= 0.6 is 0 Å². The lowest BCUT2D eigenvalue weighted by molar-refractivity contribution is 0.505. The first-order valence-corrected chi connectivity index (χ1v) is 7.19. The maximum absolute atomic E-state index is 2.41. The van der Waals surface area contributed by atoms with E-state index in [2.05, 4.69) is 52.0 Å². The fraction of sp³-hybridized carbons (Fsp3) is 0.647. The predicted octanol–water partition coefficient (Wildman–Crippen LogP) is 5.50. The Morgan fingerprint density at radius 3 is 2.41 bits per heavy atom. The van der Waals surface area contributed by atoms with Gasteiger partial charge in [0.05, 0.1) is 0 Å². The van der Waals surface area contributed by atoms with Crippen LogP contribution < -0.4 is 0 Å². The summed E-state index contributed by atoms with van der Waals surface area (Å²) in [4.78, 5) is 0. The third-order valence-electron chi connectivity index (χ3n) is 3.91. The van der Waals surface area contributed by atoms with Crippen LogP contribution in [-0.4, -0.2) is 0 Å². The molecule has 0 spiro atoms. The molecular weight excluding hydrogens is 204 g/mol. The summed E-state index contributed by atoms with van der Waals surface area (Å²) in [7, 11) is 0. The van der Waals surface area contributed by atoms with Crippen LogP contribution in [0.25, 0.3) is 0 Å². The van der Waals surface area contributed by atoms with E-state index < -0.39 is 0 Å². The standard InChI is InChI=1S/C17H28/c1-5-7-8-9-11-15-12-10-13-16(14-15)17(3,4)6-2/h10,12-14H,5-9,11H2,1-4H3. The normalized spacial score (nSPS) is 11.8. The maximum atomic E-state index is 2.41. The van der Waals surface area contributed by atoms with Crippen molar-refractivity contribution < 1.29 is 0 Å². The number of rotatable bonds is 7. The molecule has 0 N–H and O–H groups in total. The summed E-state index contributed by atoms with van der Waals surface area (Å²) >= 11 is 0. The van der Waals surface area contributed by atoms with Crippen LogP contribution in [0.2, 0.25) is 0 Å². The van der Waals surface area contributed by atoms with Crippen molar-refractivity contribution in [2.75, 3.05) is 0 Å². The van der Waals surface area contributed by atoms with Crippen molar-refractivity contribution in [2.45, 2.75) is 71.6 Å². The van der Waals surface area contributed by atoms with Gasteiger partial charge in [0.1, 0.15) is 0 Å². The van der Waals surface area contributed by atoms with Gasteiger partial charge >= 0.3 is 0 Å². The number of aryl methyl sites for hydroxylation is 1. The molecule has 0 radical (unpaired) electrons. The highest BCUT2D eigenvalue weighted by atomic mass is 14.2. The third-order valence-corrected chi connectivity index (χ3v) is 3.91. The van der Waals surface area contributed by atoms with Gasteiger partial charge in [0, 0.05) is 0 Å². The Kier molecular flexibility index (Phi) is 5.74. The Balaban J connectivity index is 2.60. The van der Waals surface area contributed by atoms with Crippen LogP contribution in [0.1, 0.15) is 70.9 Å². The van der Waals surface area contributed by atoms with Gasteiger partial charge in [-0.3, -0.25) is 0 Å². The second kappa shape index (κ2) is 6.83. The first-order valence-electron chi connectivity index (χ1n) is 7.19. The molecule has 0 aliphatic carbocycles. The molecule has 0 unspecified atom stereocenters. The first-order chi connectivity index (χ1) is 8.10. The van der Waals surface area contributed by atoms with Gasteiger partial charge in [-0.25, -0.2) is 0 Å². The summed E-state index contributed by atoms with van der Waals surface area (Å²) in [5, 5.41) is 0. The largest absolute Gasteiger partial charge is 0.0654 e. The third kappa shape index (κ3) is 4.53.